The van der Waals surface area contributed by atoms with Crippen LogP contribution in [0.1, 0.15) is 13.8 Å². The van der Waals surface area contributed by atoms with Crippen LogP contribution in [0.3, 0.4) is 0 Å². The van der Waals surface area contributed by atoms with E-state index in [4.69, 9.17) is 15.2 Å². The first kappa shape index (κ1) is 15.3. The first-order valence-corrected chi connectivity index (χ1v) is 6.70. The molecule has 114 valence electrons. The minimum Gasteiger partial charge on any atom is -0.462 e. The van der Waals surface area contributed by atoms with Gasteiger partial charge < -0.3 is 15.2 Å². The molecule has 0 aliphatic rings. The zero-order valence-corrected chi connectivity index (χ0v) is 12.1. The van der Waals surface area contributed by atoms with Crippen LogP contribution >= 0.6 is 0 Å². The number of rotatable bonds is 7. The van der Waals surface area contributed by atoms with Gasteiger partial charge in [0.25, 0.3) is 0 Å². The number of hydrogen-bond acceptors (Lipinski definition) is 7. The van der Waals surface area contributed by atoms with Crippen molar-refractivity contribution in [2.24, 2.45) is 11.7 Å². The molecule has 2 N–H and O–H groups in total. The fourth-order valence-corrected chi connectivity index (χ4v) is 1.64. The SMILES string of the molecule is CC(C)[C@H](N)C(=O)OCCOCn1cnc2cncnc21. The summed E-state index contributed by atoms with van der Waals surface area (Å²) in [6.45, 7) is 4.46. The molecule has 21 heavy (non-hydrogen) atoms. The molecule has 2 aromatic rings. The molecule has 0 aliphatic heterocycles. The Morgan fingerprint density at radius 1 is 1.38 bits per heavy atom. The molecule has 2 heterocycles. The van der Waals surface area contributed by atoms with Crippen LogP contribution in [-0.2, 0) is 21.0 Å². The maximum absolute atomic E-state index is 11.5. The predicted molar refractivity (Wildman–Crippen MR) is 75.0 cm³/mol. The third-order valence-electron chi connectivity index (χ3n) is 2.97. The molecule has 0 radical (unpaired) electrons. The normalized spacial score (nSPS) is 12.8. The zero-order chi connectivity index (χ0) is 15.2. The van der Waals surface area contributed by atoms with Gasteiger partial charge in [-0.2, -0.15) is 0 Å². The third kappa shape index (κ3) is 3.96. The van der Waals surface area contributed by atoms with E-state index in [-0.39, 0.29) is 25.9 Å². The molecule has 0 fully saturated rings. The molecular formula is C13H19N5O3. The maximum atomic E-state index is 11.5. The van der Waals surface area contributed by atoms with Crippen LogP contribution in [0.4, 0.5) is 0 Å². The van der Waals surface area contributed by atoms with Crippen molar-refractivity contribution in [1.82, 2.24) is 19.5 Å². The van der Waals surface area contributed by atoms with Crippen LogP contribution in [0.2, 0.25) is 0 Å². The van der Waals surface area contributed by atoms with Crippen molar-refractivity contribution < 1.29 is 14.3 Å². The highest BCUT2D eigenvalue weighted by Gasteiger charge is 2.18. The third-order valence-corrected chi connectivity index (χ3v) is 2.97. The Hall–Kier alpha value is -2.06. The Balaban J connectivity index is 1.72. The largest absolute Gasteiger partial charge is 0.462 e. The highest BCUT2D eigenvalue weighted by molar-refractivity contribution is 5.75. The number of carbonyl (C=O) groups is 1. The molecule has 1 atom stereocenters. The average molecular weight is 293 g/mol. The molecule has 2 aromatic heterocycles. The van der Waals surface area contributed by atoms with Gasteiger partial charge in [0.1, 0.15) is 31.2 Å². The molecule has 0 saturated heterocycles. The smallest absolute Gasteiger partial charge is 0.323 e. The van der Waals surface area contributed by atoms with Gasteiger partial charge in [0.2, 0.25) is 0 Å². The Labute approximate surface area is 122 Å². The van der Waals surface area contributed by atoms with Crippen LogP contribution in [0.5, 0.6) is 0 Å². The van der Waals surface area contributed by atoms with Crippen molar-refractivity contribution in [3.63, 3.8) is 0 Å². The van der Waals surface area contributed by atoms with Gasteiger partial charge in [-0.05, 0) is 5.92 Å². The van der Waals surface area contributed by atoms with E-state index in [0.717, 1.165) is 0 Å². The second kappa shape index (κ2) is 7.09. The zero-order valence-electron chi connectivity index (χ0n) is 12.1. The summed E-state index contributed by atoms with van der Waals surface area (Å²) >= 11 is 0. The minimum absolute atomic E-state index is 0.0513. The van der Waals surface area contributed by atoms with E-state index in [9.17, 15) is 4.79 Å². The fraction of sp³-hybridized carbons (Fsp3) is 0.538. The number of imidazole rings is 1. The number of hydrogen-bond donors (Lipinski definition) is 1. The molecule has 8 heteroatoms. The van der Waals surface area contributed by atoms with Gasteiger partial charge in [-0.1, -0.05) is 13.8 Å². The summed E-state index contributed by atoms with van der Waals surface area (Å²) in [6.07, 6.45) is 4.71. The lowest BCUT2D eigenvalue weighted by atomic mass is 10.1. The van der Waals surface area contributed by atoms with Crippen LogP contribution in [-0.4, -0.2) is 44.7 Å². The minimum atomic E-state index is -0.598. The molecule has 0 bridgehead atoms. The standard InChI is InChI=1S/C13H19N5O3/c1-9(2)11(14)13(19)21-4-3-20-8-18-7-17-10-5-15-6-16-12(10)18/h5-7,9,11H,3-4,8,14H2,1-2H3/t11-/m0/s1. The number of carbonyl (C=O) groups excluding carboxylic acids is 1. The van der Waals surface area contributed by atoms with Gasteiger partial charge in [0.15, 0.2) is 5.65 Å². The summed E-state index contributed by atoms with van der Waals surface area (Å²) in [4.78, 5) is 23.7. The van der Waals surface area contributed by atoms with E-state index < -0.39 is 12.0 Å². The predicted octanol–water partition coefficient (Wildman–Crippen LogP) is 0.327. The van der Waals surface area contributed by atoms with E-state index in [1.807, 2.05) is 13.8 Å². The number of esters is 1. The van der Waals surface area contributed by atoms with E-state index >= 15 is 0 Å². The lowest BCUT2D eigenvalue weighted by Gasteiger charge is -2.14. The Bertz CT molecular complexity index is 598. The van der Waals surface area contributed by atoms with Gasteiger partial charge in [-0.15, -0.1) is 0 Å². The van der Waals surface area contributed by atoms with Crippen molar-refractivity contribution in [3.05, 3.63) is 18.9 Å². The summed E-state index contributed by atoms with van der Waals surface area (Å²) in [7, 11) is 0. The molecule has 0 aromatic carbocycles. The monoisotopic (exact) mass is 293 g/mol. The average Bonchev–Trinajstić information content (AvgIpc) is 2.89. The molecule has 8 nitrogen and oxygen atoms in total. The molecule has 0 amide bonds. The summed E-state index contributed by atoms with van der Waals surface area (Å²) < 4.78 is 12.2. The van der Waals surface area contributed by atoms with Crippen molar-refractivity contribution in [1.29, 1.82) is 0 Å². The number of nitrogens with two attached hydrogens (primary N) is 1. The van der Waals surface area contributed by atoms with E-state index in [1.54, 1.807) is 17.1 Å². The molecule has 0 saturated carbocycles. The number of fused-ring (bicyclic) bond motifs is 1. The molecule has 0 aliphatic carbocycles. The Kier molecular flexibility index (Phi) is 5.18. The van der Waals surface area contributed by atoms with Crippen molar-refractivity contribution in [2.75, 3.05) is 13.2 Å². The topological polar surface area (TPSA) is 105 Å². The Morgan fingerprint density at radius 2 is 2.19 bits per heavy atom. The van der Waals surface area contributed by atoms with Crippen molar-refractivity contribution in [2.45, 2.75) is 26.6 Å². The van der Waals surface area contributed by atoms with E-state index in [1.165, 1.54) is 6.33 Å². The van der Waals surface area contributed by atoms with Gasteiger partial charge in [0, 0.05) is 0 Å². The number of aromatic nitrogens is 4. The van der Waals surface area contributed by atoms with E-state index in [2.05, 4.69) is 15.0 Å². The maximum Gasteiger partial charge on any atom is 0.323 e. The van der Waals surface area contributed by atoms with Crippen LogP contribution in [0.25, 0.3) is 11.2 Å². The highest BCUT2D eigenvalue weighted by Crippen LogP contribution is 2.07. The molecular weight excluding hydrogens is 274 g/mol. The van der Waals surface area contributed by atoms with Crippen LogP contribution < -0.4 is 5.73 Å². The summed E-state index contributed by atoms with van der Waals surface area (Å²) in [6, 6.07) is -0.598. The summed E-state index contributed by atoms with van der Waals surface area (Å²) in [5.74, 6) is -0.357. The van der Waals surface area contributed by atoms with Crippen LogP contribution in [0.15, 0.2) is 18.9 Å². The Morgan fingerprint density at radius 3 is 2.95 bits per heavy atom. The second-order valence-electron chi connectivity index (χ2n) is 4.92. The fourth-order valence-electron chi connectivity index (χ4n) is 1.64. The quantitative estimate of drug-likeness (QED) is 0.579. The summed E-state index contributed by atoms with van der Waals surface area (Å²) in [5.41, 5.74) is 7.07. The number of nitrogens with zero attached hydrogens (tertiary/aromatic N) is 4. The molecule has 0 spiro atoms. The van der Waals surface area contributed by atoms with Gasteiger partial charge in [0.05, 0.1) is 19.1 Å². The first-order valence-electron chi connectivity index (χ1n) is 6.70. The second-order valence-corrected chi connectivity index (χ2v) is 4.92. The van der Waals surface area contributed by atoms with Gasteiger partial charge >= 0.3 is 5.97 Å². The van der Waals surface area contributed by atoms with Crippen molar-refractivity contribution >= 4 is 17.1 Å². The van der Waals surface area contributed by atoms with Gasteiger partial charge in [-0.25, -0.2) is 15.0 Å². The molecule has 0 unspecified atom stereocenters. The first-order chi connectivity index (χ1) is 10.1. The van der Waals surface area contributed by atoms with E-state index in [0.29, 0.717) is 11.2 Å². The highest BCUT2D eigenvalue weighted by atomic mass is 16.6. The lowest BCUT2D eigenvalue weighted by molar-refractivity contribution is -0.148. The molecule has 2 rings (SSSR count). The number of ether oxygens (including phenoxy) is 2. The lowest BCUT2D eigenvalue weighted by Crippen LogP contribution is -2.37. The van der Waals surface area contributed by atoms with Crippen molar-refractivity contribution in [3.8, 4) is 0 Å². The van der Waals surface area contributed by atoms with Crippen LogP contribution in [0, 0.1) is 5.92 Å². The van der Waals surface area contributed by atoms with Gasteiger partial charge in [-0.3, -0.25) is 9.36 Å². The summed E-state index contributed by atoms with van der Waals surface area (Å²) in [5, 5.41) is 0.